The van der Waals surface area contributed by atoms with Crippen LogP contribution in [0.3, 0.4) is 0 Å². The number of nitrogens with one attached hydrogen (secondary N) is 1. The molecular formula is C19H17N5O3. The SMILES string of the molecule is CC(=O)Nc1ccc(C(=O)N2CC[C@@H]2c2nc(-c3cccnc3)no2)cc1. The maximum absolute atomic E-state index is 12.8. The highest BCUT2D eigenvalue weighted by atomic mass is 16.5. The highest BCUT2D eigenvalue weighted by Gasteiger charge is 2.37. The van der Waals surface area contributed by atoms with Crippen LogP contribution in [0.2, 0.25) is 0 Å². The molecule has 0 unspecified atom stereocenters. The van der Waals surface area contributed by atoms with E-state index in [4.69, 9.17) is 4.52 Å². The normalized spacial score (nSPS) is 15.9. The second-order valence-electron chi connectivity index (χ2n) is 6.26. The lowest BCUT2D eigenvalue weighted by Crippen LogP contribution is -2.45. The van der Waals surface area contributed by atoms with Crippen molar-refractivity contribution in [1.82, 2.24) is 20.0 Å². The van der Waals surface area contributed by atoms with Crippen LogP contribution in [-0.4, -0.2) is 38.4 Å². The average molecular weight is 363 g/mol. The third kappa shape index (κ3) is 3.41. The van der Waals surface area contributed by atoms with E-state index in [2.05, 4.69) is 20.4 Å². The monoisotopic (exact) mass is 363 g/mol. The predicted octanol–water partition coefficient (Wildman–Crippen LogP) is 2.68. The summed E-state index contributed by atoms with van der Waals surface area (Å²) in [6.07, 6.45) is 4.10. The molecule has 0 bridgehead atoms. The van der Waals surface area contributed by atoms with Crippen LogP contribution in [0.1, 0.15) is 35.6 Å². The fourth-order valence-corrected chi connectivity index (χ4v) is 2.94. The van der Waals surface area contributed by atoms with E-state index in [0.29, 0.717) is 29.5 Å². The molecule has 8 heteroatoms. The lowest BCUT2D eigenvalue weighted by molar-refractivity contribution is -0.114. The summed E-state index contributed by atoms with van der Waals surface area (Å²) in [5.41, 5.74) is 1.95. The minimum absolute atomic E-state index is 0.109. The molecule has 1 aliphatic rings. The molecule has 1 aromatic carbocycles. The number of likely N-dealkylation sites (tertiary alicyclic amines) is 1. The lowest BCUT2D eigenvalue weighted by atomic mass is 10.0. The van der Waals surface area contributed by atoms with Gasteiger partial charge in [0.15, 0.2) is 0 Å². The van der Waals surface area contributed by atoms with E-state index < -0.39 is 0 Å². The second-order valence-corrected chi connectivity index (χ2v) is 6.26. The largest absolute Gasteiger partial charge is 0.337 e. The number of aromatic nitrogens is 3. The van der Waals surface area contributed by atoms with Gasteiger partial charge in [0.1, 0.15) is 6.04 Å². The molecule has 0 aliphatic carbocycles. The molecule has 0 spiro atoms. The minimum Gasteiger partial charge on any atom is -0.337 e. The van der Waals surface area contributed by atoms with E-state index in [-0.39, 0.29) is 17.9 Å². The molecule has 4 rings (SSSR count). The van der Waals surface area contributed by atoms with Gasteiger partial charge in [-0.15, -0.1) is 0 Å². The van der Waals surface area contributed by atoms with Crippen molar-refractivity contribution in [3.8, 4) is 11.4 Å². The average Bonchev–Trinajstić information content (AvgIpc) is 3.11. The lowest BCUT2D eigenvalue weighted by Gasteiger charge is -2.38. The Hall–Kier alpha value is -3.55. The van der Waals surface area contributed by atoms with Crippen LogP contribution in [0.5, 0.6) is 0 Å². The van der Waals surface area contributed by atoms with Crippen LogP contribution in [-0.2, 0) is 4.79 Å². The predicted molar refractivity (Wildman–Crippen MR) is 96.7 cm³/mol. The summed E-state index contributed by atoms with van der Waals surface area (Å²) in [5, 5.41) is 6.67. The molecule has 0 saturated carbocycles. The van der Waals surface area contributed by atoms with Gasteiger partial charge in [0.05, 0.1) is 0 Å². The van der Waals surface area contributed by atoms with E-state index in [9.17, 15) is 9.59 Å². The Balaban J connectivity index is 1.48. The van der Waals surface area contributed by atoms with Gasteiger partial charge in [-0.3, -0.25) is 14.6 Å². The number of hydrogen-bond acceptors (Lipinski definition) is 6. The molecule has 2 amide bonds. The summed E-state index contributed by atoms with van der Waals surface area (Å²) in [5.74, 6) is 0.611. The fraction of sp³-hybridized carbons (Fsp3) is 0.211. The van der Waals surface area contributed by atoms with Crippen molar-refractivity contribution in [2.24, 2.45) is 0 Å². The first-order chi connectivity index (χ1) is 13.1. The van der Waals surface area contributed by atoms with Crippen LogP contribution in [0.15, 0.2) is 53.3 Å². The first-order valence-corrected chi connectivity index (χ1v) is 8.54. The summed E-state index contributed by atoms with van der Waals surface area (Å²) in [7, 11) is 0. The van der Waals surface area contributed by atoms with Crippen molar-refractivity contribution in [2.75, 3.05) is 11.9 Å². The molecule has 2 aromatic heterocycles. The van der Waals surface area contributed by atoms with Crippen molar-refractivity contribution >= 4 is 17.5 Å². The van der Waals surface area contributed by atoms with Gasteiger partial charge in [-0.05, 0) is 42.8 Å². The molecule has 1 aliphatic heterocycles. The van der Waals surface area contributed by atoms with Crippen molar-refractivity contribution < 1.29 is 14.1 Å². The first-order valence-electron chi connectivity index (χ1n) is 8.54. The van der Waals surface area contributed by atoms with Crippen molar-refractivity contribution in [1.29, 1.82) is 0 Å². The van der Waals surface area contributed by atoms with E-state index in [0.717, 1.165) is 12.0 Å². The van der Waals surface area contributed by atoms with Crippen LogP contribution in [0, 0.1) is 0 Å². The van der Waals surface area contributed by atoms with Crippen LogP contribution in [0.25, 0.3) is 11.4 Å². The Morgan fingerprint density at radius 2 is 2.04 bits per heavy atom. The summed E-state index contributed by atoms with van der Waals surface area (Å²) in [4.78, 5) is 34.0. The Bertz CT molecular complexity index is 969. The third-order valence-corrected chi connectivity index (χ3v) is 4.38. The van der Waals surface area contributed by atoms with Gasteiger partial charge in [0.2, 0.25) is 17.6 Å². The Kier molecular flexibility index (Phi) is 4.37. The fourth-order valence-electron chi connectivity index (χ4n) is 2.94. The third-order valence-electron chi connectivity index (χ3n) is 4.38. The van der Waals surface area contributed by atoms with Gasteiger partial charge in [0, 0.05) is 42.7 Å². The standard InChI is InChI=1S/C19H17N5O3/c1-12(25)21-15-6-4-13(5-7-15)19(26)24-10-8-16(24)18-22-17(23-27-18)14-3-2-9-20-11-14/h2-7,9,11,16H,8,10H2,1H3,(H,21,25)/t16-/m1/s1. The highest BCUT2D eigenvalue weighted by Crippen LogP contribution is 2.34. The van der Waals surface area contributed by atoms with Gasteiger partial charge >= 0.3 is 0 Å². The molecule has 1 fully saturated rings. The number of nitrogens with zero attached hydrogens (tertiary/aromatic N) is 4. The number of amides is 2. The van der Waals surface area contributed by atoms with Gasteiger partial charge in [-0.2, -0.15) is 4.98 Å². The van der Waals surface area contributed by atoms with E-state index in [1.807, 2.05) is 6.07 Å². The summed E-state index contributed by atoms with van der Waals surface area (Å²) < 4.78 is 5.37. The van der Waals surface area contributed by atoms with E-state index in [1.54, 1.807) is 47.6 Å². The highest BCUT2D eigenvalue weighted by molar-refractivity contribution is 5.96. The molecule has 1 N–H and O–H groups in total. The van der Waals surface area contributed by atoms with Gasteiger partial charge in [0.25, 0.3) is 5.91 Å². The minimum atomic E-state index is -0.231. The van der Waals surface area contributed by atoms with Gasteiger partial charge in [-0.25, -0.2) is 0 Å². The number of pyridine rings is 1. The smallest absolute Gasteiger partial charge is 0.254 e. The number of carbonyl (C=O) groups is 2. The van der Waals surface area contributed by atoms with Crippen LogP contribution >= 0.6 is 0 Å². The number of benzene rings is 1. The maximum atomic E-state index is 12.8. The number of carbonyl (C=O) groups excluding carboxylic acids is 2. The Labute approximate surface area is 155 Å². The van der Waals surface area contributed by atoms with Gasteiger partial charge in [-0.1, -0.05) is 5.16 Å². The number of hydrogen-bond donors (Lipinski definition) is 1. The van der Waals surface area contributed by atoms with Crippen LogP contribution in [0.4, 0.5) is 5.69 Å². The molecule has 8 nitrogen and oxygen atoms in total. The molecule has 1 atom stereocenters. The number of anilines is 1. The maximum Gasteiger partial charge on any atom is 0.254 e. The zero-order chi connectivity index (χ0) is 18.8. The van der Waals surface area contributed by atoms with E-state index >= 15 is 0 Å². The van der Waals surface area contributed by atoms with Crippen molar-refractivity contribution in [2.45, 2.75) is 19.4 Å². The van der Waals surface area contributed by atoms with E-state index in [1.165, 1.54) is 6.92 Å². The second kappa shape index (κ2) is 6.99. The summed E-state index contributed by atoms with van der Waals surface area (Å²) >= 11 is 0. The van der Waals surface area contributed by atoms with Gasteiger partial charge < -0.3 is 14.7 Å². The molecule has 1 saturated heterocycles. The molecule has 3 aromatic rings. The summed E-state index contributed by atoms with van der Waals surface area (Å²) in [6.45, 7) is 2.06. The van der Waals surface area contributed by atoms with Crippen molar-refractivity contribution in [3.63, 3.8) is 0 Å². The molecule has 0 radical (unpaired) electrons. The summed E-state index contributed by atoms with van der Waals surface area (Å²) in [6, 6.07) is 10.2. The Morgan fingerprint density at radius 3 is 2.67 bits per heavy atom. The zero-order valence-electron chi connectivity index (χ0n) is 14.6. The van der Waals surface area contributed by atoms with Crippen LogP contribution < -0.4 is 5.32 Å². The number of rotatable bonds is 4. The topological polar surface area (TPSA) is 101 Å². The zero-order valence-corrected chi connectivity index (χ0v) is 14.6. The first kappa shape index (κ1) is 16.9. The van der Waals surface area contributed by atoms with Crippen molar-refractivity contribution in [3.05, 3.63) is 60.2 Å². The molecule has 3 heterocycles. The molecule has 136 valence electrons. The quantitative estimate of drug-likeness (QED) is 0.765. The molecule has 27 heavy (non-hydrogen) atoms. The Morgan fingerprint density at radius 1 is 1.22 bits per heavy atom. The molecular weight excluding hydrogens is 346 g/mol.